The lowest BCUT2D eigenvalue weighted by Gasteiger charge is -2.29. The van der Waals surface area contributed by atoms with Gasteiger partial charge in [-0.3, -0.25) is 19.3 Å². The molecule has 2 fully saturated rings. The fourth-order valence-corrected chi connectivity index (χ4v) is 6.37. The van der Waals surface area contributed by atoms with Crippen LogP contribution in [-0.2, 0) is 14.4 Å². The van der Waals surface area contributed by atoms with E-state index < -0.39 is 36.3 Å². The molecule has 1 saturated carbocycles. The lowest BCUT2D eigenvalue weighted by molar-refractivity contribution is -0.145. The number of amides is 5. The molecule has 2 aliphatic heterocycles. The Balaban J connectivity index is 1.47. The predicted molar refractivity (Wildman–Crippen MR) is 130 cm³/mol. The topological polar surface area (TPSA) is 90.4 Å². The number of thiophene rings is 2. The van der Waals surface area contributed by atoms with Gasteiger partial charge in [-0.15, -0.1) is 22.7 Å². The molecule has 3 aliphatic rings. The Morgan fingerprint density at radius 2 is 1.91 bits per heavy atom. The van der Waals surface area contributed by atoms with Crippen molar-refractivity contribution in [1.82, 2.24) is 14.8 Å². The van der Waals surface area contributed by atoms with Crippen molar-refractivity contribution in [2.24, 2.45) is 11.0 Å². The highest BCUT2D eigenvalue weighted by Gasteiger charge is 2.49. The number of hydrogen-bond donors (Lipinski definition) is 0. The molecular formula is C24H24N4O4S2. The van der Waals surface area contributed by atoms with Gasteiger partial charge in [0.1, 0.15) is 6.54 Å². The number of fused-ring (bicyclic) bond motifs is 1. The highest BCUT2D eigenvalue weighted by molar-refractivity contribution is 7.11. The molecule has 2 aromatic heterocycles. The van der Waals surface area contributed by atoms with E-state index in [4.69, 9.17) is 5.10 Å². The minimum Gasteiger partial charge on any atom is -0.271 e. The fourth-order valence-electron chi connectivity index (χ4n) is 4.82. The predicted octanol–water partition coefficient (Wildman–Crippen LogP) is 4.13. The van der Waals surface area contributed by atoms with Gasteiger partial charge in [0, 0.05) is 21.7 Å². The molecule has 0 radical (unpaired) electrons. The molecule has 0 spiro atoms. The Hall–Kier alpha value is -3.11. The smallest absolute Gasteiger partial charge is 0.271 e. The van der Waals surface area contributed by atoms with Gasteiger partial charge in [0.2, 0.25) is 0 Å². The Morgan fingerprint density at radius 1 is 1.15 bits per heavy atom. The van der Waals surface area contributed by atoms with Crippen LogP contribution >= 0.6 is 22.7 Å². The summed E-state index contributed by atoms with van der Waals surface area (Å²) in [5.74, 6) is -2.30. The lowest BCUT2D eigenvalue weighted by atomic mass is 9.79. The van der Waals surface area contributed by atoms with Gasteiger partial charge in [0.05, 0.1) is 11.8 Å². The van der Waals surface area contributed by atoms with Gasteiger partial charge in [-0.05, 0) is 67.7 Å². The molecule has 2 unspecified atom stereocenters. The van der Waals surface area contributed by atoms with Crippen molar-refractivity contribution in [1.29, 1.82) is 0 Å². The van der Waals surface area contributed by atoms with E-state index in [2.05, 4.69) is 12.1 Å². The summed E-state index contributed by atoms with van der Waals surface area (Å²) in [7, 11) is 0. The first-order valence-corrected chi connectivity index (χ1v) is 13.0. The number of rotatable bonds is 5. The summed E-state index contributed by atoms with van der Waals surface area (Å²) in [4.78, 5) is 54.7. The Bertz CT molecular complexity index is 1200. The van der Waals surface area contributed by atoms with E-state index in [-0.39, 0.29) is 12.0 Å². The quantitative estimate of drug-likeness (QED) is 0.460. The number of nitrogens with zero attached hydrogens (tertiary/aromatic N) is 4. The molecule has 1 saturated heterocycles. The lowest BCUT2D eigenvalue weighted by Crippen LogP contribution is -2.43. The maximum atomic E-state index is 13.5. The third-order valence-electron chi connectivity index (χ3n) is 6.35. The van der Waals surface area contributed by atoms with E-state index in [9.17, 15) is 19.2 Å². The van der Waals surface area contributed by atoms with Gasteiger partial charge in [-0.25, -0.2) is 14.7 Å². The second-order valence-electron chi connectivity index (χ2n) is 8.81. The molecule has 2 atom stereocenters. The van der Waals surface area contributed by atoms with E-state index >= 15 is 0 Å². The van der Waals surface area contributed by atoms with Crippen LogP contribution < -0.4 is 0 Å². The highest BCUT2D eigenvalue weighted by Crippen LogP contribution is 2.45. The first-order chi connectivity index (χ1) is 16.4. The molecule has 10 heteroatoms. The van der Waals surface area contributed by atoms with Crippen LogP contribution in [-0.4, -0.2) is 56.9 Å². The van der Waals surface area contributed by atoms with E-state index in [1.54, 1.807) is 36.5 Å². The average Bonchev–Trinajstić information content (AvgIpc) is 3.58. The number of hydrogen-bond acceptors (Lipinski definition) is 7. The monoisotopic (exact) mass is 496 g/mol. The zero-order valence-corrected chi connectivity index (χ0v) is 20.5. The number of imide groups is 2. The first kappa shape index (κ1) is 22.7. The number of carbonyl (C=O) groups excluding carboxylic acids is 4. The second kappa shape index (κ2) is 8.92. The average molecular weight is 497 g/mol. The molecule has 0 bridgehead atoms. The summed E-state index contributed by atoms with van der Waals surface area (Å²) in [6.45, 7) is 2.79. The van der Waals surface area contributed by atoms with Crippen LogP contribution in [0, 0.1) is 5.92 Å². The SMILES string of the molecule is CC(C)N1C(=O)C(=O)N(CC(=O)N2N=C3C(=Cc4cccs4)CCCC3C2c2cccs2)C1=O. The first-order valence-electron chi connectivity index (χ1n) is 11.2. The Labute approximate surface area is 205 Å². The van der Waals surface area contributed by atoms with E-state index in [1.807, 2.05) is 29.0 Å². The van der Waals surface area contributed by atoms with E-state index in [0.717, 1.165) is 50.1 Å². The van der Waals surface area contributed by atoms with Crippen LogP contribution in [0.2, 0.25) is 0 Å². The summed E-state index contributed by atoms with van der Waals surface area (Å²) in [6.07, 6.45) is 4.91. The van der Waals surface area contributed by atoms with Crippen molar-refractivity contribution in [2.75, 3.05) is 6.54 Å². The standard InChI is InChI=1S/C24H24N4O4S2/c1-14(2)27-23(31)22(30)26(24(27)32)13-19(29)28-21(18-9-5-11-34-18)17-8-3-6-15(20(17)25-28)12-16-7-4-10-33-16/h4-5,7,9-12,14,17,21H,3,6,8,13H2,1-2H3. The maximum absolute atomic E-state index is 13.5. The van der Waals surface area contributed by atoms with Crippen molar-refractivity contribution in [3.8, 4) is 0 Å². The van der Waals surface area contributed by atoms with Gasteiger partial charge in [-0.1, -0.05) is 12.1 Å². The van der Waals surface area contributed by atoms with Crippen molar-refractivity contribution in [2.45, 2.75) is 45.2 Å². The molecule has 2 aromatic rings. The fraction of sp³-hybridized carbons (Fsp3) is 0.375. The van der Waals surface area contributed by atoms with Crippen LogP contribution in [0.25, 0.3) is 6.08 Å². The maximum Gasteiger partial charge on any atom is 0.334 e. The summed E-state index contributed by atoms with van der Waals surface area (Å²) >= 11 is 3.21. The summed E-state index contributed by atoms with van der Waals surface area (Å²) < 4.78 is 0. The zero-order chi connectivity index (χ0) is 24.0. The molecule has 1 aliphatic carbocycles. The molecular weight excluding hydrogens is 472 g/mol. The molecule has 8 nitrogen and oxygen atoms in total. The van der Waals surface area contributed by atoms with Crippen LogP contribution in [0.4, 0.5) is 4.79 Å². The van der Waals surface area contributed by atoms with Gasteiger partial charge in [0.25, 0.3) is 5.91 Å². The summed E-state index contributed by atoms with van der Waals surface area (Å²) in [6, 6.07) is 6.47. The van der Waals surface area contributed by atoms with Gasteiger partial charge in [0.15, 0.2) is 0 Å². The molecule has 0 aromatic carbocycles. The molecule has 5 rings (SSSR count). The van der Waals surface area contributed by atoms with Gasteiger partial charge >= 0.3 is 17.8 Å². The zero-order valence-electron chi connectivity index (χ0n) is 18.8. The molecule has 0 N–H and O–H groups in total. The van der Waals surface area contributed by atoms with Crippen LogP contribution in [0.3, 0.4) is 0 Å². The highest BCUT2D eigenvalue weighted by atomic mass is 32.1. The van der Waals surface area contributed by atoms with E-state index in [0.29, 0.717) is 0 Å². The molecule has 176 valence electrons. The van der Waals surface area contributed by atoms with E-state index in [1.165, 1.54) is 5.01 Å². The molecule has 4 heterocycles. The second-order valence-corrected chi connectivity index (χ2v) is 10.8. The van der Waals surface area contributed by atoms with Gasteiger partial charge in [-0.2, -0.15) is 5.10 Å². The van der Waals surface area contributed by atoms with Crippen molar-refractivity contribution in [3.05, 3.63) is 50.4 Å². The minimum atomic E-state index is -0.970. The number of hydrazone groups is 1. The Morgan fingerprint density at radius 3 is 2.56 bits per heavy atom. The summed E-state index contributed by atoms with van der Waals surface area (Å²) in [5.41, 5.74) is 2.01. The van der Waals surface area contributed by atoms with Crippen molar-refractivity contribution < 1.29 is 19.2 Å². The third-order valence-corrected chi connectivity index (χ3v) is 8.11. The van der Waals surface area contributed by atoms with Crippen molar-refractivity contribution >= 4 is 58.2 Å². The largest absolute Gasteiger partial charge is 0.334 e. The van der Waals surface area contributed by atoms with Gasteiger partial charge < -0.3 is 0 Å². The Kier molecular flexibility index (Phi) is 5.95. The number of allylic oxidation sites excluding steroid dienone is 1. The van der Waals surface area contributed by atoms with Crippen LogP contribution in [0.1, 0.15) is 48.9 Å². The number of carbonyl (C=O) groups is 4. The number of urea groups is 1. The van der Waals surface area contributed by atoms with Crippen LogP contribution in [0.5, 0.6) is 0 Å². The molecule has 34 heavy (non-hydrogen) atoms. The normalized spacial score (nSPS) is 24.0. The van der Waals surface area contributed by atoms with Crippen LogP contribution in [0.15, 0.2) is 45.7 Å². The van der Waals surface area contributed by atoms with Crippen molar-refractivity contribution in [3.63, 3.8) is 0 Å². The summed E-state index contributed by atoms with van der Waals surface area (Å²) in [5, 5.41) is 10.2. The third kappa shape index (κ3) is 3.80. The molecule has 5 amide bonds. The minimum absolute atomic E-state index is 0.0429.